The van der Waals surface area contributed by atoms with Crippen molar-refractivity contribution in [2.45, 2.75) is 12.1 Å². The van der Waals surface area contributed by atoms with Crippen LogP contribution in [0.1, 0.15) is 5.56 Å². The Morgan fingerprint density at radius 2 is 2.05 bits per heavy atom. The van der Waals surface area contributed by atoms with Gasteiger partial charge in [-0.3, -0.25) is 4.21 Å². The topological polar surface area (TPSA) is 55.7 Å². The summed E-state index contributed by atoms with van der Waals surface area (Å²) in [6.45, 7) is 2.05. The Labute approximate surface area is 129 Å². The molecule has 1 atom stereocenters. The third-order valence-electron chi connectivity index (χ3n) is 2.98. The Balaban J connectivity index is 2.11. The zero-order chi connectivity index (χ0) is 14.8. The van der Waals surface area contributed by atoms with E-state index < -0.39 is 10.8 Å². The van der Waals surface area contributed by atoms with Crippen LogP contribution in [-0.2, 0) is 10.8 Å². The summed E-state index contributed by atoms with van der Waals surface area (Å²) in [6, 6.07) is 10.0. The molecule has 0 aliphatic carbocycles. The van der Waals surface area contributed by atoms with Crippen molar-refractivity contribution < 1.29 is 4.21 Å². The van der Waals surface area contributed by atoms with Crippen molar-refractivity contribution in [2.75, 3.05) is 6.26 Å². The maximum Gasteiger partial charge on any atom is 0.218 e. The van der Waals surface area contributed by atoms with Crippen molar-refractivity contribution in [1.82, 2.24) is 15.0 Å². The molecule has 2 heterocycles. The first-order valence-corrected chi connectivity index (χ1v) is 8.76. The first kappa shape index (κ1) is 14.0. The Bertz CT molecular complexity index is 814. The normalized spacial score (nSPS) is 12.3. The minimum absolute atomic E-state index is 0.344. The molecule has 0 amide bonds. The maximum atomic E-state index is 11.5. The van der Waals surface area contributed by atoms with Crippen LogP contribution in [0.3, 0.4) is 0 Å². The summed E-state index contributed by atoms with van der Waals surface area (Å²) >= 11 is 1.52. The van der Waals surface area contributed by atoms with E-state index in [1.54, 1.807) is 18.0 Å². The largest absolute Gasteiger partial charge is 0.251 e. The van der Waals surface area contributed by atoms with Gasteiger partial charge in [0, 0.05) is 18.0 Å². The van der Waals surface area contributed by atoms with Crippen LogP contribution in [0.2, 0.25) is 0 Å². The molecule has 0 saturated carbocycles. The SMILES string of the molecule is Cc1cccc(-c2ncsc2-c2ccnc(S(C)=O)n2)c1. The number of aromatic nitrogens is 3. The molecule has 4 nitrogen and oxygen atoms in total. The summed E-state index contributed by atoms with van der Waals surface area (Å²) in [5.41, 5.74) is 5.70. The Hall–Kier alpha value is -1.92. The fourth-order valence-corrected chi connectivity index (χ4v) is 3.25. The van der Waals surface area contributed by atoms with Crippen LogP contribution in [0, 0.1) is 6.92 Å². The van der Waals surface area contributed by atoms with Gasteiger partial charge in [0.05, 0.1) is 32.6 Å². The lowest BCUT2D eigenvalue weighted by molar-refractivity contribution is 0.680. The van der Waals surface area contributed by atoms with Gasteiger partial charge in [-0.25, -0.2) is 15.0 Å². The molecule has 0 aliphatic rings. The van der Waals surface area contributed by atoms with Crippen molar-refractivity contribution in [3.8, 4) is 21.8 Å². The predicted octanol–water partition coefficient (Wildman–Crippen LogP) is 3.31. The molecule has 0 bridgehead atoms. The molecule has 0 fully saturated rings. The van der Waals surface area contributed by atoms with Crippen LogP contribution in [0.5, 0.6) is 0 Å². The summed E-state index contributed by atoms with van der Waals surface area (Å²) < 4.78 is 11.5. The fraction of sp³-hybridized carbons (Fsp3) is 0.133. The molecule has 1 unspecified atom stereocenters. The molecular weight excluding hydrogens is 302 g/mol. The predicted molar refractivity (Wildman–Crippen MR) is 85.6 cm³/mol. The van der Waals surface area contributed by atoms with Gasteiger partial charge in [-0.1, -0.05) is 23.8 Å². The summed E-state index contributed by atoms with van der Waals surface area (Å²) in [7, 11) is -1.19. The van der Waals surface area contributed by atoms with Crippen LogP contribution >= 0.6 is 11.3 Å². The van der Waals surface area contributed by atoms with E-state index in [1.807, 2.05) is 18.2 Å². The molecule has 0 saturated heterocycles. The Kier molecular flexibility index (Phi) is 3.90. The molecule has 1 aromatic carbocycles. The Morgan fingerprint density at radius 3 is 2.81 bits per heavy atom. The van der Waals surface area contributed by atoms with Crippen LogP contribution in [-0.4, -0.2) is 25.4 Å². The smallest absolute Gasteiger partial charge is 0.218 e. The molecule has 0 aliphatic heterocycles. The molecule has 106 valence electrons. The van der Waals surface area contributed by atoms with Crippen molar-refractivity contribution >= 4 is 22.1 Å². The van der Waals surface area contributed by atoms with E-state index in [9.17, 15) is 4.21 Å². The van der Waals surface area contributed by atoms with Crippen LogP contribution in [0.25, 0.3) is 21.8 Å². The third-order valence-corrected chi connectivity index (χ3v) is 4.54. The van der Waals surface area contributed by atoms with Crippen molar-refractivity contribution in [2.24, 2.45) is 0 Å². The zero-order valence-corrected chi connectivity index (χ0v) is 13.2. The van der Waals surface area contributed by atoms with Gasteiger partial charge < -0.3 is 0 Å². The second kappa shape index (κ2) is 5.83. The van der Waals surface area contributed by atoms with E-state index in [0.29, 0.717) is 5.16 Å². The van der Waals surface area contributed by atoms with Gasteiger partial charge in [-0.2, -0.15) is 0 Å². The second-order valence-electron chi connectivity index (χ2n) is 4.58. The van der Waals surface area contributed by atoms with E-state index in [1.165, 1.54) is 16.9 Å². The van der Waals surface area contributed by atoms with Gasteiger partial charge in [0.2, 0.25) is 5.16 Å². The number of hydrogen-bond acceptors (Lipinski definition) is 5. The highest BCUT2D eigenvalue weighted by atomic mass is 32.2. The second-order valence-corrected chi connectivity index (χ2v) is 6.71. The highest BCUT2D eigenvalue weighted by Crippen LogP contribution is 2.33. The van der Waals surface area contributed by atoms with Crippen molar-refractivity contribution in [1.29, 1.82) is 0 Å². The average molecular weight is 315 g/mol. The maximum absolute atomic E-state index is 11.5. The highest BCUT2D eigenvalue weighted by molar-refractivity contribution is 7.84. The molecule has 0 spiro atoms. The van der Waals surface area contributed by atoms with Gasteiger partial charge in [0.15, 0.2) is 0 Å². The molecule has 3 rings (SSSR count). The zero-order valence-electron chi connectivity index (χ0n) is 11.6. The molecule has 21 heavy (non-hydrogen) atoms. The lowest BCUT2D eigenvalue weighted by Gasteiger charge is -2.04. The van der Waals surface area contributed by atoms with Gasteiger partial charge in [-0.05, 0) is 19.1 Å². The fourth-order valence-electron chi connectivity index (χ4n) is 2.03. The van der Waals surface area contributed by atoms with E-state index in [0.717, 1.165) is 21.8 Å². The highest BCUT2D eigenvalue weighted by Gasteiger charge is 2.13. The van der Waals surface area contributed by atoms with Crippen molar-refractivity contribution in [3.05, 3.63) is 47.6 Å². The number of benzene rings is 1. The lowest BCUT2D eigenvalue weighted by atomic mass is 10.1. The number of hydrogen-bond donors (Lipinski definition) is 0. The summed E-state index contributed by atoms with van der Waals surface area (Å²) in [5, 5.41) is 0.344. The first-order valence-electron chi connectivity index (χ1n) is 6.32. The van der Waals surface area contributed by atoms with Crippen LogP contribution in [0.4, 0.5) is 0 Å². The summed E-state index contributed by atoms with van der Waals surface area (Å²) in [4.78, 5) is 13.8. The molecule has 3 aromatic rings. The summed E-state index contributed by atoms with van der Waals surface area (Å²) in [5.74, 6) is 0. The van der Waals surface area contributed by atoms with E-state index >= 15 is 0 Å². The van der Waals surface area contributed by atoms with Crippen LogP contribution in [0.15, 0.2) is 47.2 Å². The monoisotopic (exact) mass is 315 g/mol. The minimum Gasteiger partial charge on any atom is -0.251 e. The molecule has 2 aromatic heterocycles. The van der Waals surface area contributed by atoms with Gasteiger partial charge >= 0.3 is 0 Å². The number of nitrogens with zero attached hydrogens (tertiary/aromatic N) is 3. The molecule has 6 heteroatoms. The van der Waals surface area contributed by atoms with Crippen LogP contribution < -0.4 is 0 Å². The van der Waals surface area contributed by atoms with Crippen molar-refractivity contribution in [3.63, 3.8) is 0 Å². The molecular formula is C15H13N3OS2. The standard InChI is InChI=1S/C15H13N3OS2/c1-10-4-3-5-11(8-10)13-14(20-9-17-13)12-6-7-16-15(18-12)21(2)19/h3-9H,1-2H3. The third kappa shape index (κ3) is 2.91. The summed E-state index contributed by atoms with van der Waals surface area (Å²) in [6.07, 6.45) is 3.21. The van der Waals surface area contributed by atoms with E-state index in [2.05, 4.69) is 34.0 Å². The lowest BCUT2D eigenvalue weighted by Crippen LogP contribution is -1.97. The van der Waals surface area contributed by atoms with E-state index in [4.69, 9.17) is 0 Å². The van der Waals surface area contributed by atoms with Gasteiger partial charge in [0.1, 0.15) is 0 Å². The van der Waals surface area contributed by atoms with Gasteiger partial charge in [0.25, 0.3) is 0 Å². The Morgan fingerprint density at radius 1 is 1.19 bits per heavy atom. The van der Waals surface area contributed by atoms with E-state index in [-0.39, 0.29) is 0 Å². The molecule has 0 N–H and O–H groups in total. The molecule has 0 radical (unpaired) electrons. The first-order chi connectivity index (χ1) is 10.1. The number of rotatable bonds is 3. The number of thiazole rings is 1. The average Bonchev–Trinajstić information content (AvgIpc) is 2.97. The number of aryl methyl sites for hydroxylation is 1. The quantitative estimate of drug-likeness (QED) is 0.696. The minimum atomic E-state index is -1.19. The van der Waals surface area contributed by atoms with Gasteiger partial charge in [-0.15, -0.1) is 11.3 Å².